The van der Waals surface area contributed by atoms with Crippen molar-refractivity contribution in [1.29, 1.82) is 5.41 Å². The zero-order valence-electron chi connectivity index (χ0n) is 73.6. The Morgan fingerprint density at radius 3 is 1.26 bits per heavy atom. The number of anilines is 5. The average Bonchev–Trinajstić information content (AvgIpc) is 0.760. The van der Waals surface area contributed by atoms with Crippen LogP contribution in [0.3, 0.4) is 0 Å². The van der Waals surface area contributed by atoms with E-state index in [4.69, 9.17) is 120 Å². The van der Waals surface area contributed by atoms with E-state index in [0.29, 0.717) is 124 Å². The van der Waals surface area contributed by atoms with E-state index in [1.54, 1.807) is 39.0 Å². The Labute approximate surface area is 782 Å². The molecule has 14 N–H and O–H groups in total. The summed E-state index contributed by atoms with van der Waals surface area (Å²) in [6, 6.07) is 22.6. The molecule has 3 amide bonds. The van der Waals surface area contributed by atoms with E-state index in [1.165, 1.54) is 98.5 Å². The van der Waals surface area contributed by atoms with Gasteiger partial charge in [-0.25, -0.2) is 64.9 Å². The fourth-order valence-electron chi connectivity index (χ4n) is 11.4. The molecule has 682 valence electrons. The number of piperidine rings is 1. The van der Waals surface area contributed by atoms with Crippen molar-refractivity contribution in [3.63, 3.8) is 0 Å². The molecule has 5 heterocycles. The number of pyridine rings is 2. The lowest BCUT2D eigenvalue weighted by atomic mass is 9.99. The van der Waals surface area contributed by atoms with E-state index >= 15 is 0 Å². The summed E-state index contributed by atoms with van der Waals surface area (Å²) >= 11 is 24.2. The van der Waals surface area contributed by atoms with Gasteiger partial charge in [0.1, 0.15) is 52.2 Å². The second-order valence-electron chi connectivity index (χ2n) is 26.0. The molecule has 3 aliphatic rings. The molecule has 30 nitrogen and oxygen atoms in total. The minimum Gasteiger partial charge on any atom is -0.495 e. The third-order valence-corrected chi connectivity index (χ3v) is 20.2. The van der Waals surface area contributed by atoms with Crippen molar-refractivity contribution >= 4 is 202 Å². The van der Waals surface area contributed by atoms with Gasteiger partial charge in [-0.15, -0.1) is 0 Å². The molecule has 2 radical (unpaired) electrons. The lowest BCUT2D eigenvalue weighted by Gasteiger charge is -2.30. The number of benzene rings is 8. The number of nitrogen functional groups attached to an aromatic ring is 4. The molecule has 3 aliphatic heterocycles. The highest BCUT2D eigenvalue weighted by Gasteiger charge is 2.28. The Balaban J connectivity index is 0.000000406. The Bertz CT molecular complexity index is 6270. The van der Waals surface area contributed by atoms with Gasteiger partial charge in [0, 0.05) is 163 Å². The van der Waals surface area contributed by atoms with E-state index in [9.17, 15) is 64.7 Å². The van der Waals surface area contributed by atoms with Gasteiger partial charge in [-0.3, -0.25) is 29.1 Å². The number of hydrogen-bond donors (Lipinski definition) is 9. The van der Waals surface area contributed by atoms with Crippen molar-refractivity contribution in [2.45, 2.75) is 86.8 Å². The topological polar surface area (TPSA) is 433 Å². The number of carboxylic acids is 2. The number of halogens is 11. The summed E-state index contributed by atoms with van der Waals surface area (Å²) in [5, 5.41) is 27.6. The summed E-state index contributed by atoms with van der Waals surface area (Å²) in [5.41, 5.74) is 29.7. The van der Waals surface area contributed by atoms with Crippen LogP contribution in [0, 0.1) is 66.6 Å². The van der Waals surface area contributed by atoms with Crippen molar-refractivity contribution < 1.29 is 99.3 Å². The lowest BCUT2D eigenvalue weighted by Crippen LogP contribution is -2.36. The van der Waals surface area contributed by atoms with Crippen molar-refractivity contribution in [1.82, 2.24) is 24.7 Å². The van der Waals surface area contributed by atoms with E-state index in [0.717, 1.165) is 53.7 Å². The number of amides is 3. The predicted octanol–water partition coefficient (Wildman–Crippen LogP) is 18.9. The van der Waals surface area contributed by atoms with Crippen molar-refractivity contribution in [3.8, 4) is 11.5 Å². The monoisotopic (exact) mass is 1980 g/mol. The number of hydrogen-bond acceptors (Lipinski definition) is 21. The number of carbonyl (C=O) groups excluding carboxylic acids is 6. The van der Waals surface area contributed by atoms with Crippen molar-refractivity contribution in [2.75, 3.05) is 82.9 Å². The quantitative estimate of drug-likeness (QED) is 0.0153. The van der Waals surface area contributed by atoms with Crippen LogP contribution in [0.1, 0.15) is 122 Å². The number of carboxylic acid groups (broad SMARTS) is 2. The standard InChI is InChI=1S/C23H20ClFN4O2.C15H11ClFN3O.C9H7FN2O2.C8H7BrFNO2.C8H10ClNO.C8H5FN2O2.C7H5BrFNO2.C7H11NO2.CH3B.CH3N.CH4/c1-13(30)29-7-6-19-16(12-29)23(15-9-21(26-2)18(25)10-20(15)28-19)27-11-14-4-5-22(31-3)17(24)8-14;1-8(21)20-4-3-12-10(7-20)15(16)9-5-14(18-2)11(17)6-13(9)19-12;1-12-8-3-5(9(13)14-2)7(11)4-6(8)10;1-13-8(12)4-2-5(9)6(10)3-7(4)11;1-11-8-3-2-6(5-10)4-7(8)9;1-11-7-2-4(8(12)13)6(10)3-5(7)9;8-4-1-3(7(11)12)6(10)2-5(4)9;1-6(9)8-4-2-7(10)3-5-8;2*1-2;/h4-5,8-10H,6-7,11-12H2,1,3H3,(H,27,28);5-6H,3-4,7H2,1H3;3-4H,11H2,2H3;2-3H,11H2,1H3;2-4H,5,10H2,1H3;2-3H,10H2,(H,12,13);1-2H,10H2,(H,11,12);2-5H2,1H3;1H3;2H,1H2;1H4/i11D2;;;;5D2;;;;;;. The summed E-state index contributed by atoms with van der Waals surface area (Å²) in [5.74, 6) is -6.50. The molecule has 0 aliphatic carbocycles. The number of nitrogens with one attached hydrogen (secondary N) is 2. The lowest BCUT2D eigenvalue weighted by molar-refractivity contribution is -0.133. The maximum absolute atomic E-state index is 14.3. The number of aromatic nitrogens is 2. The van der Waals surface area contributed by atoms with Gasteiger partial charge < -0.3 is 83.3 Å². The van der Waals surface area contributed by atoms with E-state index in [-0.39, 0.29) is 125 Å². The van der Waals surface area contributed by atoms with Gasteiger partial charge in [-0.1, -0.05) is 61.2 Å². The number of Topliss-reactive ketones (excluding diaryl/α,β-unsaturated/α-hetero) is 1. The number of fused-ring (bicyclic) bond motifs is 4. The van der Waals surface area contributed by atoms with Gasteiger partial charge in [0.2, 0.25) is 40.5 Å². The van der Waals surface area contributed by atoms with Crippen LogP contribution in [-0.2, 0) is 67.6 Å². The van der Waals surface area contributed by atoms with E-state index < -0.39 is 71.8 Å². The van der Waals surface area contributed by atoms with Crippen LogP contribution >= 0.6 is 66.7 Å². The molecule has 42 heteroatoms. The fraction of sp³-hybridized carbons (Fsp3) is 0.239. The average molecular weight is 1990 g/mol. The molecular weight excluding hydrogens is 1900 g/mol. The van der Waals surface area contributed by atoms with Gasteiger partial charge in [0.05, 0.1) is 123 Å². The van der Waals surface area contributed by atoms with Gasteiger partial charge in [-0.2, -0.15) is 0 Å². The highest BCUT2D eigenvalue weighted by Crippen LogP contribution is 2.39. The molecule has 1 saturated heterocycles. The summed E-state index contributed by atoms with van der Waals surface area (Å²) in [6.07, 6.45) is 2.12. The summed E-state index contributed by atoms with van der Waals surface area (Å²) < 4.78 is 130. The van der Waals surface area contributed by atoms with Crippen LogP contribution in [-0.4, -0.2) is 151 Å². The fourth-order valence-corrected chi connectivity index (χ4v) is 12.9. The molecule has 0 atom stereocenters. The van der Waals surface area contributed by atoms with E-state index in [2.05, 4.69) is 90.6 Å². The number of aromatic carboxylic acids is 2. The number of ketones is 1. The van der Waals surface area contributed by atoms with E-state index in [1.807, 2.05) is 0 Å². The summed E-state index contributed by atoms with van der Waals surface area (Å²) in [7, 11) is 9.89. The first kappa shape index (κ1) is 103. The number of nitrogens with two attached hydrogens (primary N) is 5. The Morgan fingerprint density at radius 2 is 0.862 bits per heavy atom. The van der Waals surface area contributed by atoms with Crippen molar-refractivity contribution in [3.05, 3.63) is 270 Å². The van der Waals surface area contributed by atoms with Crippen LogP contribution in [0.2, 0.25) is 21.9 Å². The third-order valence-electron chi connectivity index (χ3n) is 18.0. The van der Waals surface area contributed by atoms with Crippen LogP contribution in [0.5, 0.6) is 11.5 Å². The van der Waals surface area contributed by atoms with Gasteiger partial charge in [-0.05, 0) is 147 Å². The first-order chi connectivity index (χ1) is 62.5. The molecule has 1 fully saturated rings. The minimum absolute atomic E-state index is 0. The molecule has 0 spiro atoms. The molecule has 0 unspecified atom stereocenters. The molecular formula is C88H86BBr2Cl3F6N16O14. The number of esters is 2. The Kier molecular flexibility index (Phi) is 42.2. The minimum atomic E-state index is -2.09. The molecule has 130 heavy (non-hydrogen) atoms. The van der Waals surface area contributed by atoms with Gasteiger partial charge in [0.15, 0.2) is 0 Å². The number of rotatable bonds is 10. The second kappa shape index (κ2) is 53.1. The first-order valence-corrected chi connectivity index (χ1v) is 39.5. The molecule has 13 rings (SSSR count). The maximum atomic E-state index is 14.3. The predicted molar refractivity (Wildman–Crippen MR) is 494 cm³/mol. The zero-order valence-corrected chi connectivity index (χ0v) is 75.1. The third kappa shape index (κ3) is 30.5. The Morgan fingerprint density at radius 1 is 0.523 bits per heavy atom. The number of likely N-dealkylation sites (tertiary alicyclic amines) is 1. The number of nitrogens with zero attached hydrogens (tertiary/aromatic N) is 9. The van der Waals surface area contributed by atoms with Crippen LogP contribution in [0.25, 0.3) is 41.2 Å². The first-order valence-electron chi connectivity index (χ1n) is 38.8. The molecule has 8 aromatic carbocycles. The number of methoxy groups -OCH3 is 4. The van der Waals surface area contributed by atoms with Crippen LogP contribution in [0.4, 0.5) is 77.5 Å². The summed E-state index contributed by atoms with van der Waals surface area (Å²) in [4.78, 5) is 114. The van der Waals surface area contributed by atoms with Gasteiger partial charge >= 0.3 is 23.9 Å². The molecule has 0 bridgehead atoms. The number of carbonyl (C=O) groups is 8. The second-order valence-corrected chi connectivity index (χ2v) is 28.9. The normalized spacial score (nSPS) is 12.2. The SMILES string of the molecule is C.C=N.CC(=O)N1CCC(=O)CC1.COC(=O)c1cc(Br)c(F)cc1N.Nc1cc(F)c(Br)cc1C(=O)O.[2H]C([2H])(N)c1ccc(OC)c(Cl)c1.[2H]C([2H])(Nc1c2c(nc3cc(F)c([N+]#[C-])cc13)CCN(C(C)=O)C2)c1ccc(OC)c(Cl)c1.[B]C.[C-]#[N+]c1cc(C(=O)O)c(N)cc1F.[C-]#[N+]c1cc(C(=O)OC)c(N)cc1F.[C-]#[N+]c1cc2c(Cl)c3c(nc2cc1F)CCN(C(C)=O)C3. The highest BCUT2D eigenvalue weighted by atomic mass is 79.9. The smallest absolute Gasteiger partial charge is 0.339 e. The highest BCUT2D eigenvalue weighted by molar-refractivity contribution is 9.10. The molecule has 0 saturated carbocycles. The van der Waals surface area contributed by atoms with Crippen LogP contribution in [0.15, 0.2) is 118 Å². The molecule has 2 aromatic heterocycles. The van der Waals surface area contributed by atoms with Crippen molar-refractivity contribution in [2.24, 2.45) is 5.73 Å². The van der Waals surface area contributed by atoms with Gasteiger partial charge in [0.25, 0.3) is 0 Å². The molecule has 10 aromatic rings. The zero-order chi connectivity index (χ0) is 101. The Hall–Kier alpha value is -13.8. The van der Waals surface area contributed by atoms with Crippen LogP contribution < -0.4 is 43.5 Å². The maximum Gasteiger partial charge on any atom is 0.339 e. The summed E-state index contributed by atoms with van der Waals surface area (Å²) in [6.45, 7) is 34.9. The number of ether oxygens (including phenoxy) is 4. The largest absolute Gasteiger partial charge is 0.495 e.